The predicted octanol–water partition coefficient (Wildman–Crippen LogP) is 1.42. The first-order valence-electron chi connectivity index (χ1n) is 4.74. The summed E-state index contributed by atoms with van der Waals surface area (Å²) in [5.74, 6) is -2.10. The molecule has 2 aliphatic rings. The molecule has 2 rings (SSSR count). The molecule has 2 aliphatic carbocycles. The summed E-state index contributed by atoms with van der Waals surface area (Å²) in [5.41, 5.74) is 0. The van der Waals surface area contributed by atoms with Crippen molar-refractivity contribution in [2.45, 2.75) is 30.6 Å². The molecule has 2 bridgehead atoms. The Morgan fingerprint density at radius 1 is 1.47 bits per heavy atom. The molecule has 0 heterocycles. The highest BCUT2D eigenvalue weighted by atomic mass is 32.1. The van der Waals surface area contributed by atoms with Gasteiger partial charge in [-0.05, 0) is 19.3 Å². The van der Waals surface area contributed by atoms with Crippen LogP contribution in [0.5, 0.6) is 0 Å². The van der Waals surface area contributed by atoms with E-state index in [0.29, 0.717) is 6.42 Å². The third kappa shape index (κ3) is 1.87. The van der Waals surface area contributed by atoms with Crippen LogP contribution in [0.3, 0.4) is 0 Å². The number of rotatable bonds is 2. The summed E-state index contributed by atoms with van der Waals surface area (Å²) in [6.45, 7) is 0. The van der Waals surface area contributed by atoms with Gasteiger partial charge in [0.25, 0.3) is 0 Å². The lowest BCUT2D eigenvalue weighted by molar-refractivity contribution is -0.171. The number of hydrogen-bond donors (Lipinski definition) is 1. The lowest BCUT2D eigenvalue weighted by atomic mass is 9.96. The van der Waals surface area contributed by atoms with Crippen molar-refractivity contribution in [1.29, 1.82) is 0 Å². The lowest BCUT2D eigenvalue weighted by Gasteiger charge is -2.21. The Labute approximate surface area is 90.6 Å². The van der Waals surface area contributed by atoms with E-state index in [2.05, 4.69) is 17.4 Å². The highest BCUT2D eigenvalue weighted by Gasteiger charge is 2.51. The number of halogens is 2. The Balaban J connectivity index is 2.02. The number of carbonyl (C=O) groups is 2. The molecule has 0 aromatic heterocycles. The number of Topliss-reactive ketones (excluding diaryl/α,β-unsaturated/α-hetero) is 1. The van der Waals surface area contributed by atoms with E-state index < -0.39 is 17.3 Å². The molecule has 0 amide bonds. The molecule has 0 aromatic carbocycles. The molecule has 2 saturated carbocycles. The number of carbonyl (C=O) groups excluding carboxylic acids is 2. The first kappa shape index (κ1) is 10.9. The van der Waals surface area contributed by atoms with E-state index in [9.17, 15) is 18.4 Å². The largest absolute Gasteiger partial charge is 0.449 e. The van der Waals surface area contributed by atoms with E-state index in [1.54, 1.807) is 0 Å². The van der Waals surface area contributed by atoms with Crippen LogP contribution in [0.25, 0.3) is 0 Å². The van der Waals surface area contributed by atoms with Crippen molar-refractivity contribution in [3.63, 3.8) is 0 Å². The fourth-order valence-corrected chi connectivity index (χ4v) is 2.41. The van der Waals surface area contributed by atoms with Gasteiger partial charge in [0.1, 0.15) is 0 Å². The topological polar surface area (TPSA) is 43.4 Å². The maximum atomic E-state index is 12.4. The van der Waals surface area contributed by atoms with Crippen LogP contribution in [-0.2, 0) is 14.3 Å². The smallest absolute Gasteiger partial charge is 0.388 e. The Kier molecular flexibility index (Phi) is 2.48. The fraction of sp³-hybridized carbons (Fsp3) is 0.778. The third-order valence-corrected chi connectivity index (χ3v) is 3.25. The second kappa shape index (κ2) is 3.43. The normalized spacial score (nSPS) is 34.6. The molecule has 84 valence electrons. The van der Waals surface area contributed by atoms with Gasteiger partial charge in [0, 0.05) is 11.8 Å². The van der Waals surface area contributed by atoms with Crippen LogP contribution in [0.15, 0.2) is 0 Å². The summed E-state index contributed by atoms with van der Waals surface area (Å²) in [4.78, 5) is 22.3. The van der Waals surface area contributed by atoms with Gasteiger partial charge in [0.05, 0.1) is 0 Å². The molecule has 0 aliphatic heterocycles. The first-order chi connectivity index (χ1) is 6.89. The number of hydrogen-bond acceptors (Lipinski definition) is 4. The average molecular weight is 236 g/mol. The number of alkyl halides is 2. The molecule has 3 atom stereocenters. The molecule has 3 nitrogen and oxygen atoms in total. The monoisotopic (exact) mass is 236 g/mol. The van der Waals surface area contributed by atoms with Crippen molar-refractivity contribution in [2.75, 3.05) is 0 Å². The zero-order valence-corrected chi connectivity index (χ0v) is 8.68. The van der Waals surface area contributed by atoms with Crippen LogP contribution >= 0.6 is 12.6 Å². The second-order valence-electron chi connectivity index (χ2n) is 4.04. The van der Waals surface area contributed by atoms with Gasteiger partial charge < -0.3 is 4.74 Å². The molecular formula is C9H10F2O3S. The van der Waals surface area contributed by atoms with Gasteiger partial charge in [-0.3, -0.25) is 4.79 Å². The predicted molar refractivity (Wildman–Crippen MR) is 49.7 cm³/mol. The van der Waals surface area contributed by atoms with E-state index in [1.165, 1.54) is 0 Å². The van der Waals surface area contributed by atoms with Gasteiger partial charge in [-0.1, -0.05) is 12.6 Å². The van der Waals surface area contributed by atoms with Gasteiger partial charge in [-0.15, -0.1) is 0 Å². The molecule has 0 aromatic rings. The first-order valence-corrected chi connectivity index (χ1v) is 5.19. The van der Waals surface area contributed by atoms with Crippen LogP contribution in [-0.4, -0.2) is 23.1 Å². The van der Waals surface area contributed by atoms with Crippen molar-refractivity contribution in [3.05, 3.63) is 0 Å². The maximum Gasteiger partial charge on any atom is 0.388 e. The van der Waals surface area contributed by atoms with Gasteiger partial charge in [-0.2, -0.15) is 8.78 Å². The van der Waals surface area contributed by atoms with Gasteiger partial charge >= 0.3 is 11.2 Å². The number of fused-ring (bicyclic) bond motifs is 2. The van der Waals surface area contributed by atoms with E-state index in [4.69, 9.17) is 0 Å². The Hall–Kier alpha value is -0.650. The van der Waals surface area contributed by atoms with Gasteiger partial charge in [0.2, 0.25) is 0 Å². The van der Waals surface area contributed by atoms with Gasteiger partial charge in [0.15, 0.2) is 11.9 Å². The van der Waals surface area contributed by atoms with Crippen LogP contribution in [0.1, 0.15) is 19.3 Å². The second-order valence-corrected chi connectivity index (χ2v) is 4.60. The van der Waals surface area contributed by atoms with Crippen LogP contribution in [0.4, 0.5) is 8.78 Å². The highest BCUT2D eigenvalue weighted by Crippen LogP contribution is 2.44. The number of thiol groups is 1. The molecule has 2 fully saturated rings. The molecule has 0 N–H and O–H groups in total. The minimum Gasteiger partial charge on any atom is -0.449 e. The molecule has 3 unspecified atom stereocenters. The van der Waals surface area contributed by atoms with E-state index in [1.807, 2.05) is 0 Å². The molecule has 6 heteroatoms. The van der Waals surface area contributed by atoms with Crippen molar-refractivity contribution < 1.29 is 23.1 Å². The summed E-state index contributed by atoms with van der Waals surface area (Å²) in [5, 5.41) is -3.82. The van der Waals surface area contributed by atoms with Crippen LogP contribution in [0.2, 0.25) is 0 Å². The average Bonchev–Trinajstić information content (AvgIpc) is 2.67. The van der Waals surface area contributed by atoms with E-state index in [-0.39, 0.29) is 17.6 Å². The minimum atomic E-state index is -3.82. The SMILES string of the molecule is O=C1C2CCC(C2)C1OC(=O)C(F)(F)S. The zero-order chi connectivity index (χ0) is 11.2. The summed E-state index contributed by atoms with van der Waals surface area (Å²) >= 11 is 2.80. The highest BCUT2D eigenvalue weighted by molar-refractivity contribution is 7.82. The molecule has 0 spiro atoms. The summed E-state index contributed by atoms with van der Waals surface area (Å²) in [6.07, 6.45) is 1.25. The summed E-state index contributed by atoms with van der Waals surface area (Å²) < 4.78 is 29.3. The number of esters is 1. The van der Waals surface area contributed by atoms with Crippen molar-refractivity contribution in [1.82, 2.24) is 0 Å². The zero-order valence-electron chi connectivity index (χ0n) is 7.78. The van der Waals surface area contributed by atoms with Crippen molar-refractivity contribution in [2.24, 2.45) is 11.8 Å². The standard InChI is InChI=1S/C9H10F2O3S/c10-9(11,15)8(13)14-7-5-2-1-4(3-5)6(7)12/h4-5,7,15H,1-3H2. The maximum absolute atomic E-state index is 12.4. The molecular weight excluding hydrogens is 226 g/mol. The van der Waals surface area contributed by atoms with Crippen molar-refractivity contribution in [3.8, 4) is 0 Å². The van der Waals surface area contributed by atoms with Crippen LogP contribution in [0, 0.1) is 11.8 Å². The molecule has 15 heavy (non-hydrogen) atoms. The lowest BCUT2D eigenvalue weighted by Crippen LogP contribution is -2.37. The quantitative estimate of drug-likeness (QED) is 0.582. The Bertz CT molecular complexity index is 313. The third-order valence-electron chi connectivity index (χ3n) is 3.06. The summed E-state index contributed by atoms with van der Waals surface area (Å²) in [7, 11) is 0. The fourth-order valence-electron chi connectivity index (χ4n) is 2.35. The summed E-state index contributed by atoms with van der Waals surface area (Å²) in [6, 6.07) is 0. The van der Waals surface area contributed by atoms with Gasteiger partial charge in [-0.25, -0.2) is 4.79 Å². The molecule has 0 saturated heterocycles. The number of ether oxygens (including phenoxy) is 1. The Morgan fingerprint density at radius 3 is 2.60 bits per heavy atom. The Morgan fingerprint density at radius 2 is 2.13 bits per heavy atom. The molecule has 0 radical (unpaired) electrons. The van der Waals surface area contributed by atoms with E-state index in [0.717, 1.165) is 12.8 Å². The number of ketones is 1. The van der Waals surface area contributed by atoms with E-state index >= 15 is 0 Å². The minimum absolute atomic E-state index is 0.0675. The van der Waals surface area contributed by atoms with Crippen molar-refractivity contribution >= 4 is 24.4 Å². The van der Waals surface area contributed by atoms with Crippen LogP contribution < -0.4 is 0 Å².